The summed E-state index contributed by atoms with van der Waals surface area (Å²) in [6.07, 6.45) is 0. The Bertz CT molecular complexity index is 1310. The van der Waals surface area contributed by atoms with E-state index >= 15 is 0 Å². The summed E-state index contributed by atoms with van der Waals surface area (Å²) in [6.45, 7) is 0.0790. The molecule has 1 unspecified atom stereocenters. The highest BCUT2D eigenvalue weighted by atomic mass is 16.5. The molecule has 38 heavy (non-hydrogen) atoms. The molecule has 0 saturated carbocycles. The molecule has 0 aliphatic carbocycles. The summed E-state index contributed by atoms with van der Waals surface area (Å²) in [4.78, 5) is 24.9. The maximum Gasteiger partial charge on any atom is 0.337 e. The van der Waals surface area contributed by atoms with Gasteiger partial charge in [0, 0.05) is 22.9 Å². The molecule has 200 valence electrons. The number of hydrogen-bond acceptors (Lipinski definition) is 10. The van der Waals surface area contributed by atoms with E-state index in [1.54, 1.807) is 60.7 Å². The van der Waals surface area contributed by atoms with Crippen molar-refractivity contribution in [3.63, 3.8) is 0 Å². The summed E-state index contributed by atoms with van der Waals surface area (Å²) >= 11 is 0. The molecule has 3 aromatic carbocycles. The number of esters is 2. The third-order valence-electron chi connectivity index (χ3n) is 5.61. The van der Waals surface area contributed by atoms with Crippen molar-refractivity contribution in [3.8, 4) is 17.2 Å². The molecule has 0 bridgehead atoms. The van der Waals surface area contributed by atoms with E-state index in [1.165, 1.54) is 28.4 Å². The molecule has 3 aromatic rings. The van der Waals surface area contributed by atoms with Gasteiger partial charge >= 0.3 is 11.9 Å². The van der Waals surface area contributed by atoms with Gasteiger partial charge in [0.05, 0.1) is 34.0 Å². The summed E-state index contributed by atoms with van der Waals surface area (Å²) in [5.74, 6) is -0.0149. The van der Waals surface area contributed by atoms with Crippen LogP contribution in [0.2, 0.25) is 0 Å². The lowest BCUT2D eigenvalue weighted by Gasteiger charge is -2.23. The van der Waals surface area contributed by atoms with Crippen LogP contribution >= 0.6 is 0 Å². The second-order valence-corrected chi connectivity index (χ2v) is 7.89. The lowest BCUT2D eigenvalue weighted by atomic mass is 10.0. The van der Waals surface area contributed by atoms with E-state index in [4.69, 9.17) is 34.6 Å². The summed E-state index contributed by atoms with van der Waals surface area (Å²) in [6, 6.07) is 15.6. The molecule has 0 spiro atoms. The van der Waals surface area contributed by atoms with Gasteiger partial charge in [-0.2, -0.15) is 0 Å². The van der Waals surface area contributed by atoms with Crippen molar-refractivity contribution < 1.29 is 38.5 Å². The molecule has 1 atom stereocenters. The number of ether oxygens (including phenoxy) is 5. The Morgan fingerprint density at radius 3 is 2.18 bits per heavy atom. The van der Waals surface area contributed by atoms with Gasteiger partial charge in [0.15, 0.2) is 23.4 Å². The molecule has 11 heteroatoms. The van der Waals surface area contributed by atoms with Crippen LogP contribution in [0.1, 0.15) is 33.1 Å². The molecule has 0 aliphatic heterocycles. The number of amidine groups is 1. The molecule has 0 saturated heterocycles. The number of nitrogens with one attached hydrogen (secondary N) is 1. The molecule has 11 nitrogen and oxygen atoms in total. The van der Waals surface area contributed by atoms with E-state index in [9.17, 15) is 9.59 Å². The smallest absolute Gasteiger partial charge is 0.337 e. The van der Waals surface area contributed by atoms with Crippen molar-refractivity contribution in [1.82, 2.24) is 0 Å². The first-order chi connectivity index (χ1) is 18.3. The van der Waals surface area contributed by atoms with E-state index in [-0.39, 0.29) is 12.4 Å². The first-order valence-corrected chi connectivity index (χ1v) is 11.3. The fourth-order valence-corrected chi connectivity index (χ4v) is 3.64. The van der Waals surface area contributed by atoms with Gasteiger partial charge in [0.25, 0.3) is 0 Å². The number of benzene rings is 3. The molecule has 0 aromatic heterocycles. The molecule has 0 fully saturated rings. The van der Waals surface area contributed by atoms with Crippen molar-refractivity contribution in [2.45, 2.75) is 12.6 Å². The Morgan fingerprint density at radius 2 is 1.58 bits per heavy atom. The highest BCUT2D eigenvalue weighted by molar-refractivity contribution is 5.97. The van der Waals surface area contributed by atoms with Crippen LogP contribution in [0.25, 0.3) is 0 Å². The minimum Gasteiger partial charge on any atom is -0.493 e. The Morgan fingerprint density at radius 1 is 0.895 bits per heavy atom. The largest absolute Gasteiger partial charge is 0.493 e. The first kappa shape index (κ1) is 27.7. The molecule has 4 N–H and O–H groups in total. The minimum absolute atomic E-state index is 0.0482. The van der Waals surface area contributed by atoms with Gasteiger partial charge in [-0.3, -0.25) is 0 Å². The number of nitrogens with zero attached hydrogens (tertiary/aromatic N) is 1. The van der Waals surface area contributed by atoms with Crippen LogP contribution in [0.15, 0.2) is 65.8 Å². The van der Waals surface area contributed by atoms with Crippen LogP contribution in [-0.2, 0) is 20.9 Å². The van der Waals surface area contributed by atoms with Crippen LogP contribution in [0.4, 0.5) is 5.69 Å². The van der Waals surface area contributed by atoms with E-state index in [2.05, 4.69) is 10.5 Å². The topological polar surface area (TPSA) is 151 Å². The molecule has 0 aliphatic rings. The average Bonchev–Trinajstić information content (AvgIpc) is 2.97. The molecular weight excluding hydrogens is 494 g/mol. The van der Waals surface area contributed by atoms with Crippen molar-refractivity contribution in [2.75, 3.05) is 33.8 Å². The zero-order valence-corrected chi connectivity index (χ0v) is 21.4. The Hall–Kier alpha value is -4.93. The highest BCUT2D eigenvalue weighted by Crippen LogP contribution is 2.39. The zero-order valence-electron chi connectivity index (χ0n) is 21.4. The van der Waals surface area contributed by atoms with Crippen LogP contribution in [-0.4, -0.2) is 51.4 Å². The second-order valence-electron chi connectivity index (χ2n) is 7.89. The molecule has 0 amide bonds. The van der Waals surface area contributed by atoms with E-state index in [0.717, 1.165) is 0 Å². The molecule has 3 rings (SSSR count). The van der Waals surface area contributed by atoms with Gasteiger partial charge in [0.2, 0.25) is 0 Å². The van der Waals surface area contributed by atoms with Crippen LogP contribution < -0.4 is 25.3 Å². The van der Waals surface area contributed by atoms with Crippen LogP contribution in [0.5, 0.6) is 17.2 Å². The predicted octanol–water partition coefficient (Wildman–Crippen LogP) is 3.49. The number of carbonyl (C=O) groups is 2. The predicted molar refractivity (Wildman–Crippen MR) is 139 cm³/mol. The molecule has 0 radical (unpaired) electrons. The number of oxime groups is 1. The highest BCUT2D eigenvalue weighted by Gasteiger charge is 2.27. The fourth-order valence-electron chi connectivity index (χ4n) is 3.64. The van der Waals surface area contributed by atoms with Gasteiger partial charge in [-0.05, 0) is 48.0 Å². The second kappa shape index (κ2) is 12.9. The number of methoxy groups -OCH3 is 4. The fraction of sp³-hybridized carbons (Fsp3) is 0.222. The Kier molecular flexibility index (Phi) is 9.36. The standard InChI is InChI=1S/C27H29N3O8/c1-34-22-13-20(24(27(32)37-4)29-19-10-8-17(9-11-19)25(28)30-33)21(14-23(22)35-2)38-15-16-6-5-7-18(12-16)26(31)36-3/h5-14,24,29,33H,15H2,1-4H3,(H2,28,30). The monoisotopic (exact) mass is 523 g/mol. The van der Waals surface area contributed by atoms with Crippen LogP contribution in [0, 0.1) is 0 Å². The average molecular weight is 524 g/mol. The minimum atomic E-state index is -1.01. The summed E-state index contributed by atoms with van der Waals surface area (Å²) in [5, 5.41) is 15.0. The van der Waals surface area contributed by atoms with Crippen LogP contribution in [0.3, 0.4) is 0 Å². The number of nitrogens with two attached hydrogens (primary N) is 1. The number of rotatable bonds is 11. The maximum absolute atomic E-state index is 12.9. The van der Waals surface area contributed by atoms with Gasteiger partial charge < -0.3 is 39.9 Å². The van der Waals surface area contributed by atoms with Crippen molar-refractivity contribution >= 4 is 23.5 Å². The lowest BCUT2D eigenvalue weighted by Crippen LogP contribution is -2.23. The number of anilines is 1. The van der Waals surface area contributed by atoms with E-state index < -0.39 is 18.0 Å². The Labute approximate surface area is 219 Å². The summed E-state index contributed by atoms with van der Waals surface area (Å²) in [7, 11) is 5.55. The van der Waals surface area contributed by atoms with Gasteiger partial charge in [-0.1, -0.05) is 17.3 Å². The third kappa shape index (κ3) is 6.44. The lowest BCUT2D eigenvalue weighted by molar-refractivity contribution is -0.141. The third-order valence-corrected chi connectivity index (χ3v) is 5.61. The van der Waals surface area contributed by atoms with Gasteiger partial charge in [0.1, 0.15) is 12.4 Å². The van der Waals surface area contributed by atoms with E-state index in [1.807, 2.05) is 0 Å². The molecular formula is C27H29N3O8. The van der Waals surface area contributed by atoms with Gasteiger partial charge in [-0.25, -0.2) is 9.59 Å². The zero-order chi connectivity index (χ0) is 27.7. The number of carbonyl (C=O) groups excluding carboxylic acids is 2. The quantitative estimate of drug-likeness (QED) is 0.112. The first-order valence-electron chi connectivity index (χ1n) is 11.3. The van der Waals surface area contributed by atoms with Crippen molar-refractivity contribution in [2.24, 2.45) is 10.9 Å². The van der Waals surface area contributed by atoms with Crippen molar-refractivity contribution in [3.05, 3.63) is 82.9 Å². The maximum atomic E-state index is 12.9. The van der Waals surface area contributed by atoms with Gasteiger partial charge in [-0.15, -0.1) is 0 Å². The number of hydrogen-bond donors (Lipinski definition) is 3. The Balaban J connectivity index is 2.00. The molecule has 0 heterocycles. The summed E-state index contributed by atoms with van der Waals surface area (Å²) < 4.78 is 26.9. The van der Waals surface area contributed by atoms with E-state index in [0.29, 0.717) is 45.2 Å². The van der Waals surface area contributed by atoms with Crippen molar-refractivity contribution in [1.29, 1.82) is 0 Å². The SMILES string of the molecule is COC(=O)c1cccc(COc2cc(OC)c(OC)cc2C(Nc2ccc(C(N)=NO)cc2)C(=O)OC)c1. The summed E-state index contributed by atoms with van der Waals surface area (Å²) in [5.41, 5.74) is 8.19. The normalized spacial score (nSPS) is 11.7.